The van der Waals surface area contributed by atoms with Gasteiger partial charge in [0.25, 0.3) is 21.5 Å². The van der Waals surface area contributed by atoms with E-state index in [1.807, 2.05) is 12.1 Å². The molecule has 9 nitrogen and oxygen atoms in total. The summed E-state index contributed by atoms with van der Waals surface area (Å²) in [7, 11) is -3.57. The molecule has 0 radical (unpaired) electrons. The number of nitrogens with two attached hydrogens (primary N) is 1. The summed E-state index contributed by atoms with van der Waals surface area (Å²) < 4.78 is 75.8. The number of primary amides is 1. The second kappa shape index (κ2) is 10.2. The summed E-state index contributed by atoms with van der Waals surface area (Å²) in [5.41, 5.74) is 2.48. The fraction of sp³-hybridized carbons (Fsp3) is 0.179. The molecular formula is C28H22F3N3O6S. The quantitative estimate of drug-likeness (QED) is 0.345. The number of carbonyl (C=O) groups is 2. The Morgan fingerprint density at radius 3 is 2.44 bits per heavy atom. The van der Waals surface area contributed by atoms with Crippen molar-refractivity contribution in [1.82, 2.24) is 9.29 Å². The van der Waals surface area contributed by atoms with Crippen molar-refractivity contribution in [3.8, 4) is 11.1 Å². The van der Waals surface area contributed by atoms with Crippen molar-refractivity contribution in [3.05, 3.63) is 99.3 Å². The van der Waals surface area contributed by atoms with E-state index in [9.17, 15) is 36.0 Å². The van der Waals surface area contributed by atoms with Crippen molar-refractivity contribution in [2.24, 2.45) is 5.73 Å². The minimum Gasteiger partial charge on any atom is -0.467 e. The van der Waals surface area contributed by atoms with E-state index in [4.69, 9.17) is 10.5 Å². The molecule has 0 aliphatic carbocycles. The highest BCUT2D eigenvalue weighted by molar-refractivity contribution is 7.89. The topological polar surface area (TPSA) is 138 Å². The molecule has 212 valence electrons. The van der Waals surface area contributed by atoms with Gasteiger partial charge < -0.3 is 10.5 Å². The number of ether oxygens (including phenoxy) is 1. The van der Waals surface area contributed by atoms with Gasteiger partial charge in [-0.05, 0) is 46.0 Å². The third-order valence-electron chi connectivity index (χ3n) is 6.95. The number of aromatic nitrogens is 1. The lowest BCUT2D eigenvalue weighted by Crippen LogP contribution is -2.49. The van der Waals surface area contributed by atoms with E-state index in [0.29, 0.717) is 15.5 Å². The second-order valence-electron chi connectivity index (χ2n) is 9.36. The molecule has 1 aliphatic rings. The number of rotatable bonds is 5. The summed E-state index contributed by atoms with van der Waals surface area (Å²) in [5, 5.41) is 0.719. The van der Waals surface area contributed by atoms with Gasteiger partial charge in [-0.15, -0.1) is 0 Å². The number of hydrogen-bond donors (Lipinski definition) is 2. The first-order chi connectivity index (χ1) is 19.3. The molecule has 0 saturated carbocycles. The lowest BCUT2D eigenvalue weighted by molar-refractivity contribution is -0.144. The smallest absolute Gasteiger partial charge is 0.416 e. The van der Waals surface area contributed by atoms with Gasteiger partial charge in [0.05, 0.1) is 12.7 Å². The molecular weight excluding hydrogens is 563 g/mol. The number of hydrogen-bond acceptors (Lipinski definition) is 6. The van der Waals surface area contributed by atoms with Gasteiger partial charge >= 0.3 is 12.1 Å². The Bertz CT molecular complexity index is 1900. The highest BCUT2D eigenvalue weighted by Gasteiger charge is 2.41. The van der Waals surface area contributed by atoms with E-state index in [1.165, 1.54) is 6.07 Å². The van der Waals surface area contributed by atoms with E-state index in [2.05, 4.69) is 4.72 Å². The van der Waals surface area contributed by atoms with Crippen LogP contribution in [-0.4, -0.2) is 38.5 Å². The van der Waals surface area contributed by atoms with Crippen LogP contribution in [0.1, 0.15) is 33.1 Å². The monoisotopic (exact) mass is 585 g/mol. The number of methoxy groups -OCH3 is 1. The van der Waals surface area contributed by atoms with Gasteiger partial charge in [-0.1, -0.05) is 54.6 Å². The van der Waals surface area contributed by atoms with E-state index >= 15 is 0 Å². The first kappa shape index (κ1) is 28.1. The number of halogens is 3. The number of pyridine rings is 1. The van der Waals surface area contributed by atoms with Gasteiger partial charge in [0.1, 0.15) is 11.6 Å². The lowest BCUT2D eigenvalue weighted by Gasteiger charge is -2.30. The number of nitrogens with one attached hydrogen (secondary N) is 1. The van der Waals surface area contributed by atoms with Crippen molar-refractivity contribution in [2.45, 2.75) is 23.7 Å². The molecule has 3 N–H and O–H groups in total. The number of sulfonamides is 1. The van der Waals surface area contributed by atoms with Crippen LogP contribution in [0.15, 0.2) is 76.6 Å². The molecule has 0 fully saturated rings. The Morgan fingerprint density at radius 1 is 1.07 bits per heavy atom. The average molecular weight is 586 g/mol. The van der Waals surface area contributed by atoms with Crippen molar-refractivity contribution in [2.75, 3.05) is 13.7 Å². The third kappa shape index (κ3) is 4.87. The lowest BCUT2D eigenvalue weighted by atomic mass is 9.89. The normalized spacial score (nSPS) is 16.2. The highest BCUT2D eigenvalue weighted by atomic mass is 32.2. The van der Waals surface area contributed by atoms with Crippen LogP contribution in [-0.2, 0) is 32.2 Å². The number of nitrogens with zero attached hydrogens (tertiary/aromatic N) is 1. The molecule has 1 aromatic heterocycles. The van der Waals surface area contributed by atoms with E-state index in [0.717, 1.165) is 30.7 Å². The van der Waals surface area contributed by atoms with Gasteiger partial charge in [0.2, 0.25) is 0 Å². The molecule has 0 spiro atoms. The number of benzene rings is 3. The summed E-state index contributed by atoms with van der Waals surface area (Å²) in [6.07, 6.45) is -5.04. The predicted octanol–water partition coefficient (Wildman–Crippen LogP) is 3.38. The highest BCUT2D eigenvalue weighted by Crippen LogP contribution is 2.39. The Balaban J connectivity index is 1.97. The predicted molar refractivity (Wildman–Crippen MR) is 143 cm³/mol. The molecule has 0 bridgehead atoms. The first-order valence-corrected chi connectivity index (χ1v) is 13.7. The largest absolute Gasteiger partial charge is 0.467 e. The van der Waals surface area contributed by atoms with Crippen molar-refractivity contribution in [3.63, 3.8) is 0 Å². The van der Waals surface area contributed by atoms with E-state index < -0.39 is 62.4 Å². The number of alkyl halides is 3. The van der Waals surface area contributed by atoms with Crippen molar-refractivity contribution < 1.29 is 35.9 Å². The van der Waals surface area contributed by atoms with Gasteiger partial charge in [0, 0.05) is 12.1 Å². The Hall–Kier alpha value is -4.49. The molecule has 41 heavy (non-hydrogen) atoms. The van der Waals surface area contributed by atoms with Crippen LogP contribution in [0, 0.1) is 0 Å². The second-order valence-corrected chi connectivity index (χ2v) is 11.0. The Labute approximate surface area is 231 Å². The number of esters is 1. The number of fused-ring (bicyclic) bond motifs is 2. The molecule has 2 heterocycles. The molecule has 1 unspecified atom stereocenters. The standard InChI is InChI=1S/C28H22F3N3O6S/c1-40-27(37)21-14-33-41(38,39)26-22(17-9-5-10-18(12-17)28(29,30)31)20(23(24(32)35)25(36)34(21)26)13-16-8-4-7-15-6-2-3-11-19(15)16/h2-12,21,33H,13-14H2,1H3,(H2,32,35). The van der Waals surface area contributed by atoms with Crippen molar-refractivity contribution in [1.29, 1.82) is 0 Å². The summed E-state index contributed by atoms with van der Waals surface area (Å²) in [5.74, 6) is -2.25. The summed E-state index contributed by atoms with van der Waals surface area (Å²) in [6.45, 7) is -0.592. The Kier molecular flexibility index (Phi) is 6.95. The van der Waals surface area contributed by atoms with Gasteiger partial charge in [-0.25, -0.2) is 17.9 Å². The molecule has 0 saturated heterocycles. The first-order valence-electron chi connectivity index (χ1n) is 12.2. The maximum Gasteiger partial charge on any atom is 0.416 e. The van der Waals surface area contributed by atoms with Gasteiger partial charge in [-0.3, -0.25) is 14.2 Å². The SMILES string of the molecule is COC(=O)C1CNS(=O)(=O)c2c(-c3cccc(C(F)(F)F)c3)c(Cc3cccc4ccccc34)c(C(N)=O)c(=O)n21. The van der Waals surface area contributed by atoms with Crippen LogP contribution in [0.5, 0.6) is 0 Å². The molecule has 13 heteroatoms. The van der Waals surface area contributed by atoms with Crippen LogP contribution in [0.2, 0.25) is 0 Å². The summed E-state index contributed by atoms with van der Waals surface area (Å²) in [6, 6.07) is 14.6. The average Bonchev–Trinajstić information content (AvgIpc) is 2.92. The fourth-order valence-electron chi connectivity index (χ4n) is 5.15. The maximum absolute atomic E-state index is 13.8. The molecule has 3 aromatic carbocycles. The summed E-state index contributed by atoms with van der Waals surface area (Å²) in [4.78, 5) is 39.3. The molecule has 4 aromatic rings. The molecule has 1 atom stereocenters. The van der Waals surface area contributed by atoms with Crippen LogP contribution in [0.4, 0.5) is 13.2 Å². The maximum atomic E-state index is 13.8. The summed E-state index contributed by atoms with van der Waals surface area (Å²) >= 11 is 0. The van der Waals surface area contributed by atoms with E-state index in [-0.39, 0.29) is 23.1 Å². The van der Waals surface area contributed by atoms with Crippen LogP contribution in [0.3, 0.4) is 0 Å². The zero-order chi connectivity index (χ0) is 29.7. The molecule has 5 rings (SSSR count). The molecule has 1 aliphatic heterocycles. The third-order valence-corrected chi connectivity index (χ3v) is 8.40. The van der Waals surface area contributed by atoms with Crippen molar-refractivity contribution >= 4 is 32.7 Å². The minimum absolute atomic E-state index is 0.194. The van der Waals surface area contributed by atoms with Gasteiger partial charge in [0.15, 0.2) is 5.03 Å². The number of amides is 1. The fourth-order valence-corrected chi connectivity index (χ4v) is 6.65. The Morgan fingerprint density at radius 2 is 1.76 bits per heavy atom. The van der Waals surface area contributed by atoms with E-state index in [1.54, 1.807) is 30.3 Å². The zero-order valence-corrected chi connectivity index (χ0v) is 22.2. The zero-order valence-electron chi connectivity index (χ0n) is 21.4. The van der Waals surface area contributed by atoms with Crippen LogP contribution >= 0.6 is 0 Å². The molecule has 1 amide bonds. The van der Waals surface area contributed by atoms with Gasteiger partial charge in [-0.2, -0.15) is 13.2 Å². The minimum atomic E-state index is -4.80. The number of carbonyl (C=O) groups excluding carboxylic acids is 2. The van der Waals surface area contributed by atoms with Crippen LogP contribution in [0.25, 0.3) is 21.9 Å². The van der Waals surface area contributed by atoms with Crippen LogP contribution < -0.4 is 16.0 Å².